The third-order valence-electron chi connectivity index (χ3n) is 7.85. The molecule has 0 aromatic heterocycles. The molecule has 4 amide bonds. The van der Waals surface area contributed by atoms with Crippen LogP contribution in [0.5, 0.6) is 11.5 Å². The molecule has 2 aliphatic heterocycles. The predicted molar refractivity (Wildman–Crippen MR) is 157 cm³/mol. The van der Waals surface area contributed by atoms with Gasteiger partial charge in [-0.25, -0.2) is 0 Å². The molecule has 2 heterocycles. The van der Waals surface area contributed by atoms with Gasteiger partial charge in [0, 0.05) is 13.1 Å². The van der Waals surface area contributed by atoms with Crippen LogP contribution >= 0.6 is 0 Å². The molecule has 43 heavy (non-hydrogen) atoms. The number of hydrogen-bond donors (Lipinski definition) is 2. The van der Waals surface area contributed by atoms with Gasteiger partial charge in [-0.2, -0.15) is 0 Å². The van der Waals surface area contributed by atoms with E-state index in [1.807, 2.05) is 24.3 Å². The summed E-state index contributed by atoms with van der Waals surface area (Å²) in [5.74, 6) is -3.18. The molecule has 222 valence electrons. The zero-order chi connectivity index (χ0) is 30.5. The number of allylic oxidation sites excluding steroid dienone is 3. The summed E-state index contributed by atoms with van der Waals surface area (Å²) < 4.78 is 10.7. The molecule has 2 aromatic rings. The number of imide groups is 1. The van der Waals surface area contributed by atoms with Gasteiger partial charge in [0.15, 0.2) is 17.3 Å². The molecule has 4 atom stereocenters. The van der Waals surface area contributed by atoms with Gasteiger partial charge in [-0.1, -0.05) is 61.5 Å². The molecule has 10 nitrogen and oxygen atoms in total. The van der Waals surface area contributed by atoms with Crippen molar-refractivity contribution in [2.75, 3.05) is 13.8 Å². The minimum Gasteiger partial charge on any atom is -0.454 e. The van der Waals surface area contributed by atoms with Crippen LogP contribution in [0.3, 0.4) is 0 Å². The van der Waals surface area contributed by atoms with Crippen molar-refractivity contribution in [2.45, 2.75) is 38.3 Å². The summed E-state index contributed by atoms with van der Waals surface area (Å²) in [6, 6.07) is 12.6. The minimum atomic E-state index is -1.18. The van der Waals surface area contributed by atoms with Gasteiger partial charge in [-0.05, 0) is 47.8 Å². The summed E-state index contributed by atoms with van der Waals surface area (Å²) in [6.45, 7) is 1.70. The topological polar surface area (TPSA) is 131 Å². The highest BCUT2D eigenvalue weighted by Crippen LogP contribution is 2.33. The van der Waals surface area contributed by atoms with Crippen LogP contribution in [-0.2, 0) is 24.0 Å². The van der Waals surface area contributed by atoms with Crippen LogP contribution in [0.1, 0.15) is 43.4 Å². The van der Waals surface area contributed by atoms with Gasteiger partial charge in [0.1, 0.15) is 12.0 Å². The molecular weight excluding hydrogens is 550 g/mol. The Kier molecular flexibility index (Phi) is 8.85. The number of nitrogens with zero attached hydrogens (tertiary/aromatic N) is 1. The van der Waals surface area contributed by atoms with Crippen LogP contribution in [0.4, 0.5) is 0 Å². The number of nitrogens with one attached hydrogen (secondary N) is 2. The predicted octanol–water partition coefficient (Wildman–Crippen LogP) is 3.26. The molecule has 0 bridgehead atoms. The number of ether oxygens (including phenoxy) is 2. The fraction of sp³-hybridized carbons (Fsp3) is 0.303. The first-order valence-corrected chi connectivity index (χ1v) is 14.1. The Morgan fingerprint density at radius 2 is 1.77 bits per heavy atom. The number of carbonyl (C=O) groups is 5. The molecule has 10 heteroatoms. The normalized spacial score (nSPS) is 20.6. The van der Waals surface area contributed by atoms with Crippen molar-refractivity contribution in [3.05, 3.63) is 89.5 Å². The lowest BCUT2D eigenvalue weighted by Crippen LogP contribution is -2.48. The van der Waals surface area contributed by atoms with Crippen molar-refractivity contribution in [3.63, 3.8) is 0 Å². The molecule has 2 aromatic carbocycles. The largest absolute Gasteiger partial charge is 0.454 e. The lowest BCUT2D eigenvalue weighted by Gasteiger charge is -2.26. The van der Waals surface area contributed by atoms with E-state index < -0.39 is 53.3 Å². The van der Waals surface area contributed by atoms with E-state index in [9.17, 15) is 24.0 Å². The van der Waals surface area contributed by atoms with Crippen LogP contribution in [0, 0.1) is 11.8 Å². The van der Waals surface area contributed by atoms with E-state index in [2.05, 4.69) is 10.6 Å². The molecule has 2 N–H and O–H groups in total. The monoisotopic (exact) mass is 583 g/mol. The summed E-state index contributed by atoms with van der Waals surface area (Å²) in [5, 5.41) is 5.71. The zero-order valence-electron chi connectivity index (χ0n) is 23.9. The SMILES string of the molecule is C[C@@H]1C(=O)N(C)C(=O)[C@H]1C(=O)C(NC(=O)C[C@H](NC(=O)/C=C/c1ccc2c(c1)OCO2)c1ccccc1)C1=CCC=CC1. The average molecular weight is 584 g/mol. The van der Waals surface area contributed by atoms with E-state index in [4.69, 9.17) is 9.47 Å². The molecular formula is C33H33N3O7. The Labute approximate surface area is 249 Å². The van der Waals surface area contributed by atoms with Crippen LogP contribution in [0.2, 0.25) is 0 Å². The first-order valence-electron chi connectivity index (χ1n) is 14.1. The second-order valence-corrected chi connectivity index (χ2v) is 10.7. The molecule has 1 fully saturated rings. The first kappa shape index (κ1) is 29.5. The van der Waals surface area contributed by atoms with Crippen molar-refractivity contribution in [1.29, 1.82) is 0 Å². The van der Waals surface area contributed by atoms with Crippen molar-refractivity contribution >= 4 is 35.5 Å². The average Bonchev–Trinajstić information content (AvgIpc) is 3.57. The van der Waals surface area contributed by atoms with Crippen molar-refractivity contribution < 1.29 is 33.4 Å². The summed E-state index contributed by atoms with van der Waals surface area (Å²) >= 11 is 0. The third kappa shape index (κ3) is 6.58. The Morgan fingerprint density at radius 1 is 1.00 bits per heavy atom. The number of amides is 4. The minimum absolute atomic E-state index is 0.148. The second-order valence-electron chi connectivity index (χ2n) is 10.7. The number of likely N-dealkylation sites (tertiary alicyclic amines) is 1. The standard InChI is InChI=1S/C33H33N3O7/c1-20-29(33(41)36(2)32(20)40)31(39)30(23-11-7-4-8-12-23)35-28(38)18-24(22-9-5-3-6-10-22)34-27(37)16-14-21-13-15-25-26(17-21)43-19-42-25/h3-7,9-10,12-17,20,24,29-30H,8,11,18-19H2,1-2H3,(H,34,37)(H,35,38)/b16-14+/t20-,24-,29+,30?/m0/s1. The molecule has 0 saturated carbocycles. The summed E-state index contributed by atoms with van der Waals surface area (Å²) in [4.78, 5) is 66.4. The van der Waals surface area contributed by atoms with Crippen molar-refractivity contribution in [3.8, 4) is 11.5 Å². The summed E-state index contributed by atoms with van der Waals surface area (Å²) in [7, 11) is 1.36. The lowest BCUT2D eigenvalue weighted by atomic mass is 9.84. The fourth-order valence-electron chi connectivity index (χ4n) is 5.48. The van der Waals surface area contributed by atoms with Crippen molar-refractivity contribution in [2.24, 2.45) is 11.8 Å². The molecule has 1 aliphatic carbocycles. The van der Waals surface area contributed by atoms with Crippen LogP contribution in [-0.4, -0.2) is 54.2 Å². The smallest absolute Gasteiger partial charge is 0.244 e. The zero-order valence-corrected chi connectivity index (χ0v) is 23.9. The molecule has 0 radical (unpaired) electrons. The number of rotatable bonds is 10. The number of Topliss-reactive ketones (excluding diaryl/α,β-unsaturated/α-hetero) is 1. The Balaban J connectivity index is 1.32. The van der Waals surface area contributed by atoms with Crippen LogP contribution in [0.25, 0.3) is 6.08 Å². The highest BCUT2D eigenvalue weighted by Gasteiger charge is 2.49. The number of carbonyl (C=O) groups excluding carboxylic acids is 5. The van der Waals surface area contributed by atoms with E-state index in [-0.39, 0.29) is 13.2 Å². The van der Waals surface area contributed by atoms with Crippen molar-refractivity contribution in [1.82, 2.24) is 15.5 Å². The Bertz CT molecular complexity index is 1530. The molecule has 1 unspecified atom stereocenters. The fourth-order valence-corrected chi connectivity index (χ4v) is 5.48. The summed E-state index contributed by atoms with van der Waals surface area (Å²) in [6.07, 6.45) is 9.57. The van der Waals surface area contributed by atoms with Gasteiger partial charge >= 0.3 is 0 Å². The first-order chi connectivity index (χ1) is 20.7. The molecule has 1 saturated heterocycles. The highest BCUT2D eigenvalue weighted by molar-refractivity contribution is 6.17. The quantitative estimate of drug-likeness (QED) is 0.190. The van der Waals surface area contributed by atoms with E-state index in [1.165, 1.54) is 13.1 Å². The Hall–Kier alpha value is -4.99. The van der Waals surface area contributed by atoms with Gasteiger partial charge in [0.25, 0.3) is 0 Å². The summed E-state index contributed by atoms with van der Waals surface area (Å²) in [5.41, 5.74) is 2.11. The van der Waals surface area contributed by atoms with Crippen LogP contribution < -0.4 is 20.1 Å². The van der Waals surface area contributed by atoms with Crippen LogP contribution in [0.15, 0.2) is 78.4 Å². The Morgan fingerprint density at radius 3 is 2.47 bits per heavy atom. The second kappa shape index (κ2) is 12.9. The van der Waals surface area contributed by atoms with Gasteiger partial charge in [-0.3, -0.25) is 28.9 Å². The highest BCUT2D eigenvalue weighted by atomic mass is 16.7. The van der Waals surface area contributed by atoms with Gasteiger partial charge in [-0.15, -0.1) is 0 Å². The maximum absolute atomic E-state index is 13.7. The maximum atomic E-state index is 13.7. The molecule has 3 aliphatic rings. The number of ketones is 1. The number of benzene rings is 2. The van der Waals surface area contributed by atoms with E-state index >= 15 is 0 Å². The van der Waals surface area contributed by atoms with E-state index in [0.717, 1.165) is 10.5 Å². The number of hydrogen-bond acceptors (Lipinski definition) is 7. The molecule has 5 rings (SSSR count). The van der Waals surface area contributed by atoms with Gasteiger partial charge < -0.3 is 20.1 Å². The van der Waals surface area contributed by atoms with Gasteiger partial charge in [0.2, 0.25) is 30.4 Å². The molecule has 0 spiro atoms. The van der Waals surface area contributed by atoms with E-state index in [0.29, 0.717) is 35.5 Å². The van der Waals surface area contributed by atoms with Gasteiger partial charge in [0.05, 0.1) is 18.4 Å². The third-order valence-corrected chi connectivity index (χ3v) is 7.85. The number of fused-ring (bicyclic) bond motifs is 1. The lowest BCUT2D eigenvalue weighted by molar-refractivity contribution is -0.140. The maximum Gasteiger partial charge on any atom is 0.244 e. The van der Waals surface area contributed by atoms with E-state index in [1.54, 1.807) is 55.5 Å².